The van der Waals surface area contributed by atoms with Crippen molar-refractivity contribution < 1.29 is 0 Å². The molecule has 0 aliphatic carbocycles. The van der Waals surface area contributed by atoms with E-state index in [2.05, 4.69) is 36.7 Å². The zero-order chi connectivity index (χ0) is 7.84. The molecule has 0 bridgehead atoms. The quantitative estimate of drug-likeness (QED) is 0.513. The van der Waals surface area contributed by atoms with E-state index in [0.717, 1.165) is 36.0 Å². The van der Waals surface area contributed by atoms with E-state index in [4.69, 9.17) is 0 Å². The molecule has 0 saturated heterocycles. The van der Waals surface area contributed by atoms with E-state index < -0.39 is 0 Å². The second kappa shape index (κ2) is 3.05. The molecule has 0 atom stereocenters. The summed E-state index contributed by atoms with van der Waals surface area (Å²) in [5.41, 5.74) is 2.88. The van der Waals surface area contributed by atoms with E-state index in [-0.39, 0.29) is 0 Å². The van der Waals surface area contributed by atoms with Gasteiger partial charge in [-0.15, -0.1) is 0 Å². The molecule has 1 aromatic heterocycles. The molecule has 58 valence electrons. The van der Waals surface area contributed by atoms with Crippen LogP contribution in [0.15, 0.2) is 0 Å². The fourth-order valence-corrected chi connectivity index (χ4v) is 3.40. The highest BCUT2D eigenvalue weighted by atomic mass is 127. The van der Waals surface area contributed by atoms with E-state index in [1.165, 1.54) is 15.0 Å². The number of hydrogen-bond donors (Lipinski definition) is 1. The van der Waals surface area contributed by atoms with Crippen LogP contribution >= 0.6 is 22.6 Å². The Morgan fingerprint density at radius 3 is 3.18 bits per heavy atom. The van der Waals surface area contributed by atoms with Gasteiger partial charge >= 0.3 is 16.5 Å². The molecule has 0 radical (unpaired) electrons. The maximum atomic E-state index is 4.42. The van der Waals surface area contributed by atoms with Crippen LogP contribution < -0.4 is 5.32 Å². The van der Waals surface area contributed by atoms with Gasteiger partial charge in [-0.25, -0.2) is 0 Å². The molecule has 0 saturated carbocycles. The molecule has 3 nitrogen and oxygen atoms in total. The maximum Gasteiger partial charge on any atom is 0.398 e. The van der Waals surface area contributed by atoms with Gasteiger partial charge in [-0.05, 0) is 29.0 Å². The van der Waals surface area contributed by atoms with Gasteiger partial charge in [0, 0.05) is 24.3 Å². The summed E-state index contributed by atoms with van der Waals surface area (Å²) in [6, 6.07) is 0. The molecule has 2 heterocycles. The summed E-state index contributed by atoms with van der Waals surface area (Å²) in [7, 11) is 0. The third-order valence-corrected chi connectivity index (χ3v) is 3.67. The molecule has 1 aliphatic rings. The molecular formula is C6H9AlIN3. The Balaban J connectivity index is 2.52. The maximum absolute atomic E-state index is 4.42. The normalized spacial score (nSPS) is 16.5. The summed E-state index contributed by atoms with van der Waals surface area (Å²) in [5, 5.41) is 7.77. The van der Waals surface area contributed by atoms with Gasteiger partial charge in [-0.1, -0.05) is 0 Å². The number of halogens is 1. The monoisotopic (exact) mass is 277 g/mol. The standard InChI is InChI=1S/C6H7IN3.Al.2H/c7-6-4-3-8-2-1-5(4)9-10-6;;;/h8H,1-3H2;;;/q-1;+1;;. The first-order valence-electron chi connectivity index (χ1n) is 3.70. The smallest absolute Gasteiger partial charge is 0.370 e. The minimum Gasteiger partial charge on any atom is -0.370 e. The Morgan fingerprint density at radius 1 is 1.64 bits per heavy atom. The van der Waals surface area contributed by atoms with Crippen molar-refractivity contribution in [3.63, 3.8) is 0 Å². The first kappa shape index (κ1) is 8.05. The number of rotatable bonds is 0. The Bertz CT molecular complexity index is 257. The van der Waals surface area contributed by atoms with Crippen molar-refractivity contribution in [1.82, 2.24) is 14.1 Å². The Hall–Kier alpha value is 0.432. The fraction of sp³-hybridized carbons (Fsp3) is 0.500. The van der Waals surface area contributed by atoms with Gasteiger partial charge in [0.15, 0.2) is 0 Å². The summed E-state index contributed by atoms with van der Waals surface area (Å²) >= 11 is 3.33. The van der Waals surface area contributed by atoms with Crippen LogP contribution in [0, 0.1) is 3.70 Å². The molecule has 2 rings (SSSR count). The molecule has 1 N–H and O–H groups in total. The Morgan fingerprint density at radius 2 is 2.45 bits per heavy atom. The summed E-state index contributed by atoms with van der Waals surface area (Å²) in [6.45, 7) is 2.12. The minimum absolute atomic E-state index is 1.01. The van der Waals surface area contributed by atoms with Crippen molar-refractivity contribution in [2.45, 2.75) is 13.0 Å². The SMILES string of the molecule is [AlH2][n]1nc(I)c2c1CCNC2. The minimum atomic E-state index is 1.01. The summed E-state index contributed by atoms with van der Waals surface area (Å²) < 4.78 is 3.32. The molecule has 1 aliphatic heterocycles. The molecule has 0 fully saturated rings. The van der Waals surface area contributed by atoms with Crippen LogP contribution in [-0.4, -0.2) is 31.8 Å². The Labute approximate surface area is 87.3 Å². The first-order chi connectivity index (χ1) is 5.29. The topological polar surface area (TPSA) is 29.9 Å². The number of nitrogens with one attached hydrogen (secondary N) is 1. The first-order valence-corrected chi connectivity index (χ1v) is 5.67. The van der Waals surface area contributed by atoms with E-state index >= 15 is 0 Å². The third kappa shape index (κ3) is 1.35. The number of fused-ring (bicyclic) bond motifs is 1. The lowest BCUT2D eigenvalue weighted by Crippen LogP contribution is -2.24. The van der Waals surface area contributed by atoms with Crippen LogP contribution in [0.4, 0.5) is 0 Å². The lowest BCUT2D eigenvalue weighted by Gasteiger charge is -2.13. The Kier molecular flexibility index (Phi) is 2.24. The second-order valence-corrected chi connectivity index (χ2v) is 4.64. The number of hydrogen-bond acceptors (Lipinski definition) is 2. The van der Waals surface area contributed by atoms with Crippen LogP contribution in [0.2, 0.25) is 0 Å². The van der Waals surface area contributed by atoms with Crippen molar-refractivity contribution in [1.29, 1.82) is 0 Å². The average molecular weight is 277 g/mol. The van der Waals surface area contributed by atoms with Crippen LogP contribution in [0.1, 0.15) is 11.3 Å². The summed E-state index contributed by atoms with van der Waals surface area (Å²) in [5.74, 6) is 0. The lowest BCUT2D eigenvalue weighted by atomic mass is 10.1. The van der Waals surface area contributed by atoms with Gasteiger partial charge in [0.1, 0.15) is 3.70 Å². The van der Waals surface area contributed by atoms with Gasteiger partial charge in [0.25, 0.3) is 0 Å². The highest BCUT2D eigenvalue weighted by Gasteiger charge is 2.15. The van der Waals surface area contributed by atoms with E-state index in [9.17, 15) is 0 Å². The molecule has 0 unspecified atom stereocenters. The molecule has 0 aromatic carbocycles. The molecule has 5 heteroatoms. The van der Waals surface area contributed by atoms with Gasteiger partial charge in [0.05, 0.1) is 0 Å². The van der Waals surface area contributed by atoms with Crippen molar-refractivity contribution in [2.24, 2.45) is 0 Å². The van der Waals surface area contributed by atoms with Crippen LogP contribution in [0.3, 0.4) is 0 Å². The predicted octanol–water partition coefficient (Wildman–Crippen LogP) is -0.470. The van der Waals surface area contributed by atoms with Gasteiger partial charge < -0.3 is 8.98 Å². The van der Waals surface area contributed by atoms with Crippen molar-refractivity contribution in [3.8, 4) is 0 Å². The van der Waals surface area contributed by atoms with Crippen LogP contribution in [-0.2, 0) is 13.0 Å². The predicted molar refractivity (Wildman–Crippen MR) is 54.3 cm³/mol. The highest BCUT2D eigenvalue weighted by Crippen LogP contribution is 2.18. The third-order valence-electron chi connectivity index (χ3n) is 2.07. The molecule has 0 amide bonds. The largest absolute Gasteiger partial charge is 0.398 e. The van der Waals surface area contributed by atoms with Crippen LogP contribution in [0.5, 0.6) is 0 Å². The van der Waals surface area contributed by atoms with Crippen molar-refractivity contribution in [3.05, 3.63) is 15.0 Å². The van der Waals surface area contributed by atoms with E-state index in [0.29, 0.717) is 0 Å². The molecule has 0 spiro atoms. The number of aromatic nitrogens is 2. The van der Waals surface area contributed by atoms with Crippen molar-refractivity contribution >= 4 is 39.1 Å². The number of nitrogens with zero attached hydrogens (tertiary/aromatic N) is 2. The van der Waals surface area contributed by atoms with E-state index in [1.807, 2.05) is 0 Å². The summed E-state index contributed by atoms with van der Waals surface area (Å²) in [4.78, 5) is 0. The molecule has 11 heavy (non-hydrogen) atoms. The zero-order valence-corrected chi connectivity index (χ0v) is 10.6. The summed E-state index contributed by atoms with van der Waals surface area (Å²) in [6.07, 6.45) is 1.15. The zero-order valence-electron chi connectivity index (χ0n) is 6.39. The molecule has 1 aromatic rings. The average Bonchev–Trinajstić information content (AvgIpc) is 2.30. The van der Waals surface area contributed by atoms with Gasteiger partial charge in [-0.3, -0.25) is 0 Å². The lowest BCUT2D eigenvalue weighted by molar-refractivity contribution is 0.630. The van der Waals surface area contributed by atoms with Crippen LogP contribution in [0.25, 0.3) is 0 Å². The van der Waals surface area contributed by atoms with Gasteiger partial charge in [-0.2, -0.15) is 5.10 Å². The fourth-order valence-electron chi connectivity index (χ4n) is 1.47. The second-order valence-electron chi connectivity index (χ2n) is 2.77. The van der Waals surface area contributed by atoms with E-state index in [1.54, 1.807) is 0 Å². The van der Waals surface area contributed by atoms with Crippen molar-refractivity contribution in [2.75, 3.05) is 6.54 Å². The van der Waals surface area contributed by atoms with Gasteiger partial charge in [0.2, 0.25) is 0 Å². The molecular weight excluding hydrogens is 268 g/mol. The highest BCUT2D eigenvalue weighted by molar-refractivity contribution is 14.1.